The van der Waals surface area contributed by atoms with Gasteiger partial charge in [0.15, 0.2) is 0 Å². The molecule has 3 aromatic carbocycles. The maximum atomic E-state index is 12.0. The fraction of sp³-hybridized carbons (Fsp3) is 0.217. The number of benzene rings is 3. The fourth-order valence-electron chi connectivity index (χ4n) is 3.29. The summed E-state index contributed by atoms with van der Waals surface area (Å²) in [5, 5.41) is 12.0. The van der Waals surface area contributed by atoms with Crippen molar-refractivity contribution in [3.63, 3.8) is 0 Å². The van der Waals surface area contributed by atoms with Crippen molar-refractivity contribution in [1.82, 2.24) is 0 Å². The van der Waals surface area contributed by atoms with Crippen LogP contribution in [0.2, 0.25) is 0 Å². The average molecular weight is 316 g/mol. The van der Waals surface area contributed by atoms with Gasteiger partial charge in [0.2, 0.25) is 0 Å². The van der Waals surface area contributed by atoms with E-state index in [0.717, 1.165) is 22.3 Å². The van der Waals surface area contributed by atoms with E-state index >= 15 is 0 Å². The van der Waals surface area contributed by atoms with Gasteiger partial charge < -0.3 is 5.11 Å². The first kappa shape index (κ1) is 16.5. The predicted octanol–water partition coefficient (Wildman–Crippen LogP) is 5.27. The third-order valence-electron chi connectivity index (χ3n) is 4.51. The molecule has 0 spiro atoms. The Bertz CT molecular complexity index is 759. The molecule has 24 heavy (non-hydrogen) atoms. The SMILES string of the molecule is CC(C)(C)c1ccccc1C(O)(c1ccccc1)c1ccccc1. The highest BCUT2D eigenvalue weighted by molar-refractivity contribution is 5.51. The number of hydrogen-bond acceptors (Lipinski definition) is 1. The van der Waals surface area contributed by atoms with Crippen molar-refractivity contribution in [2.45, 2.75) is 31.8 Å². The summed E-state index contributed by atoms with van der Waals surface area (Å²) in [6.45, 7) is 6.55. The van der Waals surface area contributed by atoms with Crippen LogP contribution in [0.1, 0.15) is 43.0 Å². The van der Waals surface area contributed by atoms with Crippen LogP contribution in [-0.4, -0.2) is 5.11 Å². The Morgan fingerprint density at radius 3 is 1.33 bits per heavy atom. The Hall–Kier alpha value is -2.38. The van der Waals surface area contributed by atoms with E-state index in [-0.39, 0.29) is 5.41 Å². The normalized spacial score (nSPS) is 12.2. The van der Waals surface area contributed by atoms with Crippen molar-refractivity contribution >= 4 is 0 Å². The maximum Gasteiger partial charge on any atom is 0.140 e. The van der Waals surface area contributed by atoms with E-state index in [1.54, 1.807) is 0 Å². The third-order valence-corrected chi connectivity index (χ3v) is 4.51. The van der Waals surface area contributed by atoms with Crippen molar-refractivity contribution in [1.29, 1.82) is 0 Å². The Labute approximate surface area is 144 Å². The second-order valence-corrected chi connectivity index (χ2v) is 7.24. The van der Waals surface area contributed by atoms with E-state index < -0.39 is 5.60 Å². The lowest BCUT2D eigenvalue weighted by Crippen LogP contribution is -2.32. The Kier molecular flexibility index (Phi) is 4.29. The van der Waals surface area contributed by atoms with Crippen LogP contribution in [0.15, 0.2) is 84.9 Å². The zero-order valence-electron chi connectivity index (χ0n) is 14.5. The molecular formula is C23H24O. The minimum absolute atomic E-state index is 0.0614. The van der Waals surface area contributed by atoms with Gasteiger partial charge in [0.1, 0.15) is 5.60 Å². The molecule has 0 fully saturated rings. The first-order chi connectivity index (χ1) is 11.4. The quantitative estimate of drug-likeness (QED) is 0.653. The topological polar surface area (TPSA) is 20.2 Å². The molecule has 0 saturated carbocycles. The number of hydrogen-bond donors (Lipinski definition) is 1. The van der Waals surface area contributed by atoms with Crippen LogP contribution in [0, 0.1) is 0 Å². The fourth-order valence-corrected chi connectivity index (χ4v) is 3.29. The first-order valence-electron chi connectivity index (χ1n) is 8.37. The molecule has 0 amide bonds. The monoisotopic (exact) mass is 316 g/mol. The third kappa shape index (κ3) is 2.88. The smallest absolute Gasteiger partial charge is 0.140 e. The van der Waals surface area contributed by atoms with Crippen LogP contribution >= 0.6 is 0 Å². The van der Waals surface area contributed by atoms with Gasteiger partial charge in [-0.25, -0.2) is 0 Å². The molecule has 0 heterocycles. The van der Waals surface area contributed by atoms with Gasteiger partial charge in [-0.2, -0.15) is 0 Å². The summed E-state index contributed by atoms with van der Waals surface area (Å²) in [7, 11) is 0. The Morgan fingerprint density at radius 1 is 0.542 bits per heavy atom. The minimum atomic E-state index is -1.17. The largest absolute Gasteiger partial charge is 0.376 e. The van der Waals surface area contributed by atoms with Gasteiger partial charge in [0.25, 0.3) is 0 Å². The lowest BCUT2D eigenvalue weighted by molar-refractivity contribution is 0.123. The van der Waals surface area contributed by atoms with Gasteiger partial charge in [-0.15, -0.1) is 0 Å². The molecule has 122 valence electrons. The molecule has 0 aliphatic heterocycles. The van der Waals surface area contributed by atoms with E-state index in [0.29, 0.717) is 0 Å². The number of rotatable bonds is 3. The Morgan fingerprint density at radius 2 is 0.917 bits per heavy atom. The Balaban J connectivity index is 2.33. The van der Waals surface area contributed by atoms with Crippen LogP contribution < -0.4 is 0 Å². The summed E-state index contributed by atoms with van der Waals surface area (Å²) in [4.78, 5) is 0. The molecule has 0 saturated heterocycles. The van der Waals surface area contributed by atoms with Crippen LogP contribution in [0.5, 0.6) is 0 Å². The summed E-state index contributed by atoms with van der Waals surface area (Å²) < 4.78 is 0. The lowest BCUT2D eigenvalue weighted by Gasteiger charge is -2.35. The minimum Gasteiger partial charge on any atom is -0.376 e. The van der Waals surface area contributed by atoms with E-state index in [9.17, 15) is 5.11 Å². The molecule has 1 nitrogen and oxygen atoms in total. The van der Waals surface area contributed by atoms with Gasteiger partial charge in [0.05, 0.1) is 0 Å². The predicted molar refractivity (Wildman–Crippen MR) is 100 cm³/mol. The molecular weight excluding hydrogens is 292 g/mol. The van der Waals surface area contributed by atoms with E-state index in [1.807, 2.05) is 78.9 Å². The second kappa shape index (κ2) is 6.26. The lowest BCUT2D eigenvalue weighted by atomic mass is 9.73. The van der Waals surface area contributed by atoms with E-state index in [2.05, 4.69) is 26.8 Å². The summed E-state index contributed by atoms with van der Waals surface area (Å²) in [5.41, 5.74) is 2.62. The van der Waals surface area contributed by atoms with E-state index in [4.69, 9.17) is 0 Å². The summed E-state index contributed by atoms with van der Waals surface area (Å²) in [5.74, 6) is 0. The van der Waals surface area contributed by atoms with Crippen molar-refractivity contribution in [3.05, 3.63) is 107 Å². The van der Waals surface area contributed by atoms with Gasteiger partial charge in [0, 0.05) is 0 Å². The first-order valence-corrected chi connectivity index (χ1v) is 8.37. The van der Waals surface area contributed by atoms with Gasteiger partial charge in [-0.05, 0) is 27.7 Å². The molecule has 1 heteroatoms. The summed E-state index contributed by atoms with van der Waals surface area (Å²) >= 11 is 0. The zero-order chi connectivity index (χ0) is 17.2. The van der Waals surface area contributed by atoms with E-state index in [1.165, 1.54) is 0 Å². The van der Waals surface area contributed by atoms with Gasteiger partial charge >= 0.3 is 0 Å². The zero-order valence-corrected chi connectivity index (χ0v) is 14.5. The number of aliphatic hydroxyl groups is 1. The second-order valence-electron chi connectivity index (χ2n) is 7.24. The average Bonchev–Trinajstić information content (AvgIpc) is 2.62. The molecule has 0 unspecified atom stereocenters. The van der Waals surface area contributed by atoms with Crippen molar-refractivity contribution in [2.75, 3.05) is 0 Å². The molecule has 0 bridgehead atoms. The molecule has 0 atom stereocenters. The summed E-state index contributed by atoms with van der Waals surface area (Å²) in [6, 6.07) is 28.0. The molecule has 0 aromatic heterocycles. The standard InChI is InChI=1S/C23H24O/c1-22(2,3)20-16-10-11-17-21(20)23(24,18-12-6-4-7-13-18)19-14-8-5-9-15-19/h4-17,24H,1-3H3. The highest BCUT2D eigenvalue weighted by atomic mass is 16.3. The van der Waals surface area contributed by atoms with Crippen molar-refractivity contribution in [2.24, 2.45) is 0 Å². The molecule has 0 radical (unpaired) electrons. The van der Waals surface area contributed by atoms with Crippen molar-refractivity contribution in [3.8, 4) is 0 Å². The highest BCUT2D eigenvalue weighted by Crippen LogP contribution is 2.41. The molecule has 0 aliphatic carbocycles. The van der Waals surface area contributed by atoms with Crippen LogP contribution in [0.4, 0.5) is 0 Å². The summed E-state index contributed by atoms with van der Waals surface area (Å²) in [6.07, 6.45) is 0. The highest BCUT2D eigenvalue weighted by Gasteiger charge is 2.37. The van der Waals surface area contributed by atoms with Crippen LogP contribution in [-0.2, 0) is 11.0 Å². The van der Waals surface area contributed by atoms with Crippen molar-refractivity contribution < 1.29 is 5.11 Å². The molecule has 3 rings (SSSR count). The molecule has 1 N–H and O–H groups in total. The van der Waals surface area contributed by atoms with Crippen LogP contribution in [0.25, 0.3) is 0 Å². The molecule has 0 aliphatic rings. The van der Waals surface area contributed by atoms with Crippen LogP contribution in [0.3, 0.4) is 0 Å². The van der Waals surface area contributed by atoms with Gasteiger partial charge in [-0.3, -0.25) is 0 Å². The maximum absolute atomic E-state index is 12.0. The van der Waals surface area contributed by atoms with Gasteiger partial charge in [-0.1, -0.05) is 106 Å². The molecule has 3 aromatic rings.